The Bertz CT molecular complexity index is 1150. The number of amides is 2. The zero-order valence-electron chi connectivity index (χ0n) is 17.2. The lowest BCUT2D eigenvalue weighted by Gasteiger charge is -2.14. The van der Waals surface area contributed by atoms with Gasteiger partial charge in [-0.3, -0.25) is 9.59 Å². The molecule has 4 rings (SSSR count). The van der Waals surface area contributed by atoms with Crippen LogP contribution in [0.5, 0.6) is 0 Å². The quantitative estimate of drug-likeness (QED) is 0.643. The second-order valence-electron chi connectivity index (χ2n) is 7.64. The maximum Gasteiger partial charge on any atom is 0.246 e. The van der Waals surface area contributed by atoms with Gasteiger partial charge in [0.1, 0.15) is 11.3 Å². The topological polar surface area (TPSA) is 87.5 Å². The number of fused-ring (bicyclic) bond motifs is 2. The van der Waals surface area contributed by atoms with Crippen molar-refractivity contribution >= 4 is 40.4 Å². The van der Waals surface area contributed by atoms with E-state index in [9.17, 15) is 9.59 Å². The maximum atomic E-state index is 12.6. The van der Waals surface area contributed by atoms with Gasteiger partial charge < -0.3 is 20.0 Å². The SMILES string of the molecule is Cc1c(CN(C)C(=O)C=Cc2cnc3c(c2)NC(C)CC(=O)N3)oc2ccccc12. The molecule has 2 N–H and O–H groups in total. The van der Waals surface area contributed by atoms with Gasteiger partial charge in [-0.15, -0.1) is 0 Å². The van der Waals surface area contributed by atoms with E-state index in [1.807, 2.05) is 44.2 Å². The molecule has 1 atom stereocenters. The second kappa shape index (κ2) is 8.02. The van der Waals surface area contributed by atoms with E-state index in [0.29, 0.717) is 18.8 Å². The zero-order chi connectivity index (χ0) is 21.3. The Labute approximate surface area is 174 Å². The molecule has 154 valence electrons. The van der Waals surface area contributed by atoms with Crippen LogP contribution in [-0.2, 0) is 16.1 Å². The van der Waals surface area contributed by atoms with E-state index in [4.69, 9.17) is 4.42 Å². The van der Waals surface area contributed by atoms with E-state index >= 15 is 0 Å². The molecule has 3 heterocycles. The number of aryl methyl sites for hydroxylation is 1. The highest BCUT2D eigenvalue weighted by Crippen LogP contribution is 2.27. The molecule has 7 heteroatoms. The van der Waals surface area contributed by atoms with Gasteiger partial charge in [-0.2, -0.15) is 0 Å². The summed E-state index contributed by atoms with van der Waals surface area (Å²) in [6, 6.07) is 9.73. The van der Waals surface area contributed by atoms with Crippen molar-refractivity contribution in [1.29, 1.82) is 0 Å². The molecule has 0 saturated carbocycles. The Balaban J connectivity index is 1.46. The van der Waals surface area contributed by atoms with Crippen molar-refractivity contribution < 1.29 is 14.0 Å². The Morgan fingerprint density at radius 3 is 2.97 bits per heavy atom. The van der Waals surface area contributed by atoms with Gasteiger partial charge >= 0.3 is 0 Å². The number of para-hydroxylation sites is 1. The first-order chi connectivity index (χ1) is 14.4. The third kappa shape index (κ3) is 4.05. The Hall–Kier alpha value is -3.61. The number of aromatic nitrogens is 1. The van der Waals surface area contributed by atoms with Crippen molar-refractivity contribution in [2.75, 3.05) is 17.7 Å². The number of benzene rings is 1. The predicted molar refractivity (Wildman–Crippen MR) is 117 cm³/mol. The summed E-state index contributed by atoms with van der Waals surface area (Å²) in [5, 5.41) is 7.12. The zero-order valence-corrected chi connectivity index (χ0v) is 17.2. The summed E-state index contributed by atoms with van der Waals surface area (Å²) in [5.41, 5.74) is 3.39. The predicted octanol–water partition coefficient (Wildman–Crippen LogP) is 3.95. The largest absolute Gasteiger partial charge is 0.459 e. The molecule has 1 unspecified atom stereocenters. The number of likely N-dealkylation sites (N-methyl/N-ethyl adjacent to an activating group) is 1. The summed E-state index contributed by atoms with van der Waals surface area (Å²) >= 11 is 0. The fourth-order valence-electron chi connectivity index (χ4n) is 3.52. The minimum absolute atomic E-state index is 0.00657. The molecule has 0 fully saturated rings. The van der Waals surface area contributed by atoms with Crippen molar-refractivity contribution in [2.24, 2.45) is 0 Å². The van der Waals surface area contributed by atoms with E-state index in [1.165, 1.54) is 6.08 Å². The highest BCUT2D eigenvalue weighted by Gasteiger charge is 2.18. The lowest BCUT2D eigenvalue weighted by molar-refractivity contribution is -0.125. The molecule has 3 aromatic rings. The molecule has 0 spiro atoms. The van der Waals surface area contributed by atoms with Gasteiger partial charge in [0.15, 0.2) is 5.82 Å². The van der Waals surface area contributed by atoms with Crippen LogP contribution in [0.1, 0.15) is 30.2 Å². The van der Waals surface area contributed by atoms with Crippen molar-refractivity contribution in [3.05, 3.63) is 59.5 Å². The Kier molecular flexibility index (Phi) is 5.27. The van der Waals surface area contributed by atoms with Crippen LogP contribution < -0.4 is 10.6 Å². The standard InChI is InChI=1S/C23H24N4O3/c1-14-10-21(28)26-23-18(25-14)11-16(12-24-23)8-9-22(29)27(3)13-20-15(2)17-6-4-5-7-19(17)30-20/h4-9,11-12,14,25H,10,13H2,1-3H3,(H,24,26,28). The highest BCUT2D eigenvalue weighted by atomic mass is 16.3. The van der Waals surface area contributed by atoms with E-state index < -0.39 is 0 Å². The average Bonchev–Trinajstić information content (AvgIpc) is 2.94. The first kappa shape index (κ1) is 19.7. The third-order valence-corrected chi connectivity index (χ3v) is 5.18. The number of rotatable bonds is 4. The second-order valence-corrected chi connectivity index (χ2v) is 7.64. The van der Waals surface area contributed by atoms with Gasteiger partial charge in [0.05, 0.1) is 12.2 Å². The van der Waals surface area contributed by atoms with Gasteiger partial charge in [0.25, 0.3) is 0 Å². The lowest BCUT2D eigenvalue weighted by Crippen LogP contribution is -2.24. The molecule has 2 aromatic heterocycles. The number of carbonyl (C=O) groups is 2. The van der Waals surface area contributed by atoms with Gasteiger partial charge in [0, 0.05) is 42.7 Å². The minimum atomic E-state index is -0.139. The van der Waals surface area contributed by atoms with Crippen molar-refractivity contribution in [3.63, 3.8) is 0 Å². The van der Waals surface area contributed by atoms with Crippen molar-refractivity contribution in [1.82, 2.24) is 9.88 Å². The summed E-state index contributed by atoms with van der Waals surface area (Å²) in [5.74, 6) is 1.08. The molecule has 0 radical (unpaired) electrons. The normalized spacial score (nSPS) is 16.1. The Morgan fingerprint density at radius 2 is 2.17 bits per heavy atom. The van der Waals surface area contributed by atoms with E-state index in [-0.39, 0.29) is 17.9 Å². The number of anilines is 2. The molecular weight excluding hydrogens is 380 g/mol. The third-order valence-electron chi connectivity index (χ3n) is 5.18. The van der Waals surface area contributed by atoms with E-state index in [2.05, 4.69) is 15.6 Å². The summed E-state index contributed by atoms with van der Waals surface area (Å²) < 4.78 is 5.90. The monoisotopic (exact) mass is 404 g/mol. The van der Waals surface area contributed by atoms with E-state index in [0.717, 1.165) is 33.5 Å². The molecule has 2 amide bonds. The number of nitrogens with zero attached hydrogens (tertiary/aromatic N) is 2. The maximum absolute atomic E-state index is 12.6. The summed E-state index contributed by atoms with van der Waals surface area (Å²) in [6.07, 6.45) is 5.24. The molecular formula is C23H24N4O3. The highest BCUT2D eigenvalue weighted by molar-refractivity contribution is 5.96. The number of hydrogen-bond acceptors (Lipinski definition) is 5. The van der Waals surface area contributed by atoms with Crippen LogP contribution in [-0.4, -0.2) is 34.8 Å². The first-order valence-corrected chi connectivity index (χ1v) is 9.87. The molecule has 1 aliphatic rings. The molecule has 0 aliphatic carbocycles. The van der Waals surface area contributed by atoms with E-state index in [1.54, 1.807) is 24.2 Å². The fraction of sp³-hybridized carbons (Fsp3) is 0.261. The summed E-state index contributed by atoms with van der Waals surface area (Å²) in [4.78, 5) is 30.3. The summed E-state index contributed by atoms with van der Waals surface area (Å²) in [7, 11) is 1.74. The molecule has 30 heavy (non-hydrogen) atoms. The molecule has 1 aromatic carbocycles. The Morgan fingerprint density at radius 1 is 1.37 bits per heavy atom. The fourth-order valence-corrected chi connectivity index (χ4v) is 3.52. The van der Waals surface area contributed by atoms with Gasteiger partial charge in [-0.25, -0.2) is 4.98 Å². The molecule has 1 aliphatic heterocycles. The van der Waals surface area contributed by atoms with Gasteiger partial charge in [-0.05, 0) is 37.6 Å². The molecule has 0 saturated heterocycles. The van der Waals surface area contributed by atoms with Gasteiger partial charge in [0.2, 0.25) is 11.8 Å². The van der Waals surface area contributed by atoms with Crippen LogP contribution in [0, 0.1) is 6.92 Å². The lowest BCUT2D eigenvalue weighted by atomic mass is 10.1. The smallest absolute Gasteiger partial charge is 0.246 e. The molecule has 0 bridgehead atoms. The van der Waals surface area contributed by atoms with Crippen LogP contribution >= 0.6 is 0 Å². The van der Waals surface area contributed by atoms with Crippen molar-refractivity contribution in [3.8, 4) is 0 Å². The minimum Gasteiger partial charge on any atom is -0.459 e. The number of furan rings is 1. The van der Waals surface area contributed by atoms with Crippen LogP contribution in [0.25, 0.3) is 17.0 Å². The number of nitrogens with one attached hydrogen (secondary N) is 2. The molecule has 7 nitrogen and oxygen atoms in total. The average molecular weight is 404 g/mol. The first-order valence-electron chi connectivity index (χ1n) is 9.87. The van der Waals surface area contributed by atoms with Gasteiger partial charge in [-0.1, -0.05) is 18.2 Å². The van der Waals surface area contributed by atoms with Crippen molar-refractivity contribution in [2.45, 2.75) is 32.9 Å². The number of hydrogen-bond donors (Lipinski definition) is 2. The van der Waals surface area contributed by atoms with Crippen LogP contribution in [0.4, 0.5) is 11.5 Å². The van der Waals surface area contributed by atoms with Crippen LogP contribution in [0.3, 0.4) is 0 Å². The number of carbonyl (C=O) groups excluding carboxylic acids is 2. The van der Waals surface area contributed by atoms with Crippen LogP contribution in [0.15, 0.2) is 47.0 Å². The summed E-state index contributed by atoms with van der Waals surface area (Å²) in [6.45, 7) is 4.33. The van der Waals surface area contributed by atoms with Crippen LogP contribution in [0.2, 0.25) is 0 Å². The number of pyridine rings is 1.